The van der Waals surface area contributed by atoms with Crippen molar-refractivity contribution in [2.24, 2.45) is 0 Å². The quantitative estimate of drug-likeness (QED) is 0.186. The predicted octanol–water partition coefficient (Wildman–Crippen LogP) is -1.22. The lowest BCUT2D eigenvalue weighted by Crippen LogP contribution is -2.43. The van der Waals surface area contributed by atoms with Crippen LogP contribution in [0, 0.1) is 0 Å². The molecule has 1 aliphatic rings. The summed E-state index contributed by atoms with van der Waals surface area (Å²) < 4.78 is 37.5. The maximum Gasteiger partial charge on any atom is 0.481 e. The fourth-order valence-electron chi connectivity index (χ4n) is 3.59. The fraction of sp³-hybridized carbons (Fsp3) is 0.353. The number of H-pyrrole nitrogens is 1. The summed E-state index contributed by atoms with van der Waals surface area (Å²) in [6.45, 7) is -1.12. The van der Waals surface area contributed by atoms with E-state index in [0.717, 1.165) is 21.4 Å². The number of ether oxygens (including phenoxy) is 1. The molecule has 35 heavy (non-hydrogen) atoms. The average molecular weight is 534 g/mol. The standard InChI is InChI=1S/C17H20N4O12P2/c22-13-5-6-20(17(25)21(13)7-11-9-3-1-2-4-10(9)18-19-11)16-15(24)14(23)12(32-16)8-31-35(29,30)33-34(26,27)28/h1-6,12,14-16,23-24H,7-8H2,(H,18,19)(H,29,30)(H2,26,27,28)/t12-,14-,15-,16-/m1/s1. The molecule has 1 fully saturated rings. The lowest BCUT2D eigenvalue weighted by atomic mass is 10.1. The molecule has 3 heterocycles. The van der Waals surface area contributed by atoms with E-state index in [4.69, 9.17) is 14.5 Å². The zero-order valence-electron chi connectivity index (χ0n) is 17.5. The van der Waals surface area contributed by atoms with E-state index in [0.29, 0.717) is 16.6 Å². The topological polar surface area (TPSA) is 236 Å². The number of para-hydroxylation sites is 1. The van der Waals surface area contributed by atoms with E-state index in [1.165, 1.54) is 0 Å². The Bertz CT molecular complexity index is 1440. The number of aliphatic hydroxyl groups is 2. The van der Waals surface area contributed by atoms with Crippen LogP contribution in [0.4, 0.5) is 0 Å². The summed E-state index contributed by atoms with van der Waals surface area (Å²) in [7, 11) is -10.6. The number of hydrogen-bond donors (Lipinski definition) is 6. The first-order valence-electron chi connectivity index (χ1n) is 9.86. The Kier molecular flexibility index (Phi) is 6.96. The second-order valence-corrected chi connectivity index (χ2v) is 10.4. The highest BCUT2D eigenvalue weighted by molar-refractivity contribution is 7.60. The van der Waals surface area contributed by atoms with Crippen LogP contribution in [0.1, 0.15) is 11.9 Å². The molecule has 16 nitrogen and oxygen atoms in total. The van der Waals surface area contributed by atoms with Gasteiger partial charge in [-0.1, -0.05) is 18.2 Å². The molecular formula is C17H20N4O12P2. The van der Waals surface area contributed by atoms with Crippen molar-refractivity contribution in [3.8, 4) is 0 Å². The van der Waals surface area contributed by atoms with E-state index in [1.54, 1.807) is 24.3 Å². The molecule has 0 amide bonds. The minimum Gasteiger partial charge on any atom is -0.387 e. The maximum atomic E-state index is 13.1. The largest absolute Gasteiger partial charge is 0.481 e. The molecule has 0 spiro atoms. The van der Waals surface area contributed by atoms with E-state index in [9.17, 15) is 33.8 Å². The van der Waals surface area contributed by atoms with Crippen molar-refractivity contribution in [1.82, 2.24) is 19.3 Å². The Balaban J connectivity index is 1.56. The Morgan fingerprint density at radius 3 is 2.51 bits per heavy atom. The Morgan fingerprint density at radius 1 is 1.09 bits per heavy atom. The molecule has 6 N–H and O–H groups in total. The van der Waals surface area contributed by atoms with Gasteiger partial charge in [-0.25, -0.2) is 13.9 Å². The number of aromatic nitrogens is 4. The summed E-state index contributed by atoms with van der Waals surface area (Å²) in [5, 5.41) is 28.2. The average Bonchev–Trinajstić information content (AvgIpc) is 3.30. The maximum absolute atomic E-state index is 13.1. The Hall–Kier alpha value is -2.49. The van der Waals surface area contributed by atoms with Gasteiger partial charge in [0.15, 0.2) is 6.23 Å². The molecule has 3 aromatic rings. The number of phosphoric acid groups is 2. The van der Waals surface area contributed by atoms with Crippen LogP contribution in [0.25, 0.3) is 10.9 Å². The van der Waals surface area contributed by atoms with E-state index < -0.39 is 58.0 Å². The van der Waals surface area contributed by atoms with E-state index in [1.807, 2.05) is 0 Å². The SMILES string of the molecule is O=c1ccn([C@@H]2O[C@H](COP(=O)(O)OP(=O)(O)O)[C@@H](O)[C@H]2O)c(=O)n1Cc1[nH]nc2ccccc12. The second kappa shape index (κ2) is 9.52. The third-order valence-corrected chi connectivity index (χ3v) is 7.33. The number of phosphoric ester groups is 1. The first-order chi connectivity index (χ1) is 16.4. The third kappa shape index (κ3) is 5.52. The number of nitrogens with one attached hydrogen (secondary N) is 1. The lowest BCUT2D eigenvalue weighted by molar-refractivity contribution is -0.0547. The van der Waals surface area contributed by atoms with Crippen LogP contribution in [0.5, 0.6) is 0 Å². The molecule has 1 aliphatic heterocycles. The van der Waals surface area contributed by atoms with Crippen LogP contribution in [-0.4, -0.2) is 69.1 Å². The predicted molar refractivity (Wildman–Crippen MR) is 115 cm³/mol. The van der Waals surface area contributed by atoms with Gasteiger partial charge < -0.3 is 29.6 Å². The number of aromatic amines is 1. The van der Waals surface area contributed by atoms with Crippen LogP contribution < -0.4 is 11.2 Å². The van der Waals surface area contributed by atoms with Gasteiger partial charge in [0, 0.05) is 17.6 Å². The van der Waals surface area contributed by atoms with Gasteiger partial charge in [-0.3, -0.25) is 23.6 Å². The van der Waals surface area contributed by atoms with Crippen LogP contribution in [0.2, 0.25) is 0 Å². The van der Waals surface area contributed by atoms with Crippen LogP contribution in [0.15, 0.2) is 46.1 Å². The van der Waals surface area contributed by atoms with Gasteiger partial charge in [0.2, 0.25) is 0 Å². The van der Waals surface area contributed by atoms with Gasteiger partial charge in [0.05, 0.1) is 24.4 Å². The number of nitrogens with zero attached hydrogens (tertiary/aromatic N) is 3. The number of hydrogen-bond acceptors (Lipinski definition) is 10. The molecule has 4 rings (SSSR count). The number of fused-ring (bicyclic) bond motifs is 1. The summed E-state index contributed by atoms with van der Waals surface area (Å²) in [4.78, 5) is 52.1. The van der Waals surface area contributed by atoms with E-state index >= 15 is 0 Å². The molecule has 1 aromatic carbocycles. The fourth-order valence-corrected chi connectivity index (χ4v) is 5.19. The van der Waals surface area contributed by atoms with Crippen LogP contribution in [-0.2, 0) is 29.2 Å². The smallest absolute Gasteiger partial charge is 0.387 e. The summed E-state index contributed by atoms with van der Waals surface area (Å²) in [6.07, 6.45) is -5.46. The second-order valence-electron chi connectivity index (χ2n) is 7.53. The molecule has 5 atom stereocenters. The molecule has 0 saturated carbocycles. The minimum absolute atomic E-state index is 0.190. The van der Waals surface area contributed by atoms with Crippen LogP contribution >= 0.6 is 15.6 Å². The number of benzene rings is 1. The van der Waals surface area contributed by atoms with Crippen molar-refractivity contribution in [2.75, 3.05) is 6.61 Å². The van der Waals surface area contributed by atoms with Crippen molar-refractivity contribution in [2.45, 2.75) is 31.1 Å². The van der Waals surface area contributed by atoms with Crippen molar-refractivity contribution < 1.29 is 47.6 Å². The first kappa shape index (κ1) is 25.6. The normalized spacial score (nSPS) is 24.6. The molecule has 0 aliphatic carbocycles. The lowest BCUT2D eigenvalue weighted by Gasteiger charge is -2.19. The van der Waals surface area contributed by atoms with Crippen molar-refractivity contribution >= 4 is 26.5 Å². The molecular weight excluding hydrogens is 514 g/mol. The van der Waals surface area contributed by atoms with Crippen molar-refractivity contribution in [3.63, 3.8) is 0 Å². The Labute approximate surface area is 194 Å². The van der Waals surface area contributed by atoms with Gasteiger partial charge >= 0.3 is 21.3 Å². The molecule has 190 valence electrons. The van der Waals surface area contributed by atoms with Gasteiger partial charge in [-0.2, -0.15) is 9.41 Å². The van der Waals surface area contributed by atoms with E-state index in [-0.39, 0.29) is 6.54 Å². The zero-order chi connectivity index (χ0) is 25.5. The number of rotatable bonds is 8. The third-order valence-electron chi connectivity index (χ3n) is 5.18. The summed E-state index contributed by atoms with van der Waals surface area (Å²) in [6, 6.07) is 8.07. The van der Waals surface area contributed by atoms with Gasteiger partial charge in [0.25, 0.3) is 5.56 Å². The van der Waals surface area contributed by atoms with Crippen molar-refractivity contribution in [3.05, 3.63) is 63.1 Å². The molecule has 1 unspecified atom stereocenters. The molecule has 0 radical (unpaired) electrons. The van der Waals surface area contributed by atoms with Crippen LogP contribution in [0.3, 0.4) is 0 Å². The molecule has 1 saturated heterocycles. The molecule has 18 heteroatoms. The van der Waals surface area contributed by atoms with Gasteiger partial charge in [-0.15, -0.1) is 0 Å². The summed E-state index contributed by atoms with van der Waals surface area (Å²) >= 11 is 0. The van der Waals surface area contributed by atoms with Gasteiger partial charge in [0.1, 0.15) is 18.3 Å². The van der Waals surface area contributed by atoms with Crippen molar-refractivity contribution in [1.29, 1.82) is 0 Å². The monoisotopic (exact) mass is 534 g/mol. The first-order valence-corrected chi connectivity index (χ1v) is 12.9. The zero-order valence-corrected chi connectivity index (χ0v) is 19.3. The minimum atomic E-state index is -5.37. The summed E-state index contributed by atoms with van der Waals surface area (Å²) in [5.74, 6) is 0. The highest BCUT2D eigenvalue weighted by Crippen LogP contribution is 2.57. The Morgan fingerprint density at radius 2 is 1.80 bits per heavy atom. The molecule has 0 bridgehead atoms. The highest BCUT2D eigenvalue weighted by Gasteiger charge is 2.46. The van der Waals surface area contributed by atoms with E-state index in [2.05, 4.69) is 19.0 Å². The van der Waals surface area contributed by atoms with Gasteiger partial charge in [-0.05, 0) is 6.07 Å². The highest BCUT2D eigenvalue weighted by atomic mass is 31.3. The number of aliphatic hydroxyl groups excluding tert-OH is 2. The molecule has 2 aromatic heterocycles. The summed E-state index contributed by atoms with van der Waals surface area (Å²) in [5.41, 5.74) is -0.461.